The van der Waals surface area contributed by atoms with Crippen LogP contribution < -0.4 is 10.6 Å². The van der Waals surface area contributed by atoms with Crippen LogP contribution in [0.25, 0.3) is 0 Å². The number of anilines is 2. The van der Waals surface area contributed by atoms with E-state index in [1.807, 2.05) is 0 Å². The Morgan fingerprint density at radius 3 is 2.88 bits per heavy atom. The molecule has 2 aromatic rings. The van der Waals surface area contributed by atoms with Crippen molar-refractivity contribution < 1.29 is 13.9 Å². The maximum atomic E-state index is 13.9. The summed E-state index contributed by atoms with van der Waals surface area (Å²) < 4.78 is 19.4. The van der Waals surface area contributed by atoms with E-state index >= 15 is 0 Å². The van der Waals surface area contributed by atoms with Crippen molar-refractivity contribution in [1.82, 2.24) is 0 Å². The Labute approximate surface area is 156 Å². The number of esters is 1. The van der Waals surface area contributed by atoms with Gasteiger partial charge in [0, 0.05) is 9.35 Å². The number of fused-ring (bicyclic) bond motifs is 1. The van der Waals surface area contributed by atoms with Gasteiger partial charge in [-0.1, -0.05) is 15.9 Å². The van der Waals surface area contributed by atoms with Crippen molar-refractivity contribution in [2.75, 3.05) is 17.7 Å². The molecule has 1 aromatic heterocycles. The fraction of sp³-hybridized carbons (Fsp3) is 0.250. The summed E-state index contributed by atoms with van der Waals surface area (Å²) in [6.45, 7) is 0. The number of ether oxygens (including phenoxy) is 1. The van der Waals surface area contributed by atoms with E-state index in [4.69, 9.17) is 17.0 Å². The van der Waals surface area contributed by atoms with Crippen molar-refractivity contribution in [3.8, 4) is 0 Å². The van der Waals surface area contributed by atoms with Crippen LogP contribution in [0.5, 0.6) is 0 Å². The second-order valence-electron chi connectivity index (χ2n) is 5.26. The van der Waals surface area contributed by atoms with Crippen molar-refractivity contribution in [1.29, 1.82) is 0 Å². The maximum Gasteiger partial charge on any atom is 0.341 e. The first-order valence-electron chi connectivity index (χ1n) is 7.25. The number of thiophene rings is 1. The standard InChI is InChI=1S/C16H14BrFN2O2S2/c1-22-15(21)13-9-3-2-4-12(9)24-14(13)20-16(23)19-11-6-5-8(17)7-10(11)18/h5-7H,2-4H2,1H3,(H2,19,20,23). The first-order chi connectivity index (χ1) is 11.5. The van der Waals surface area contributed by atoms with Gasteiger partial charge in [-0.2, -0.15) is 0 Å². The molecule has 0 fully saturated rings. The molecule has 2 N–H and O–H groups in total. The van der Waals surface area contributed by atoms with Gasteiger partial charge < -0.3 is 15.4 Å². The number of nitrogens with one attached hydrogen (secondary N) is 2. The Kier molecular flexibility index (Phi) is 5.17. The van der Waals surface area contributed by atoms with E-state index < -0.39 is 5.82 Å². The highest BCUT2D eigenvalue weighted by Crippen LogP contribution is 2.39. The monoisotopic (exact) mass is 428 g/mol. The van der Waals surface area contributed by atoms with Crippen LogP contribution in [0.1, 0.15) is 27.2 Å². The number of methoxy groups -OCH3 is 1. The molecule has 0 radical (unpaired) electrons. The summed E-state index contributed by atoms with van der Waals surface area (Å²) in [5.41, 5.74) is 1.84. The topological polar surface area (TPSA) is 50.4 Å². The molecule has 0 spiro atoms. The largest absolute Gasteiger partial charge is 0.465 e. The molecule has 0 atom stereocenters. The molecule has 1 heterocycles. The van der Waals surface area contributed by atoms with Crippen molar-refractivity contribution >= 4 is 61.3 Å². The predicted molar refractivity (Wildman–Crippen MR) is 102 cm³/mol. The zero-order valence-corrected chi connectivity index (χ0v) is 16.0. The van der Waals surface area contributed by atoms with Gasteiger partial charge in [0.05, 0.1) is 18.4 Å². The van der Waals surface area contributed by atoms with Gasteiger partial charge in [0.1, 0.15) is 10.8 Å². The number of hydrogen-bond donors (Lipinski definition) is 2. The fourth-order valence-corrected chi connectivity index (χ4v) is 4.55. The molecule has 24 heavy (non-hydrogen) atoms. The number of halogens is 2. The molecule has 3 rings (SSSR count). The molecule has 0 bridgehead atoms. The molecule has 0 amide bonds. The van der Waals surface area contributed by atoms with E-state index in [0.29, 0.717) is 15.0 Å². The van der Waals surface area contributed by atoms with E-state index in [2.05, 4.69) is 26.6 Å². The predicted octanol–water partition coefficient (Wildman–Crippen LogP) is 4.73. The summed E-state index contributed by atoms with van der Waals surface area (Å²) in [4.78, 5) is 13.3. The highest BCUT2D eigenvalue weighted by Gasteiger charge is 2.27. The summed E-state index contributed by atoms with van der Waals surface area (Å²) in [5.74, 6) is -0.801. The van der Waals surface area contributed by atoms with Crippen molar-refractivity contribution in [3.05, 3.63) is 44.5 Å². The molecule has 0 aliphatic heterocycles. The number of carbonyl (C=O) groups excluding carboxylic acids is 1. The molecule has 126 valence electrons. The molecule has 1 aromatic carbocycles. The molecule has 0 unspecified atom stereocenters. The van der Waals surface area contributed by atoms with Crippen LogP contribution >= 0.6 is 39.5 Å². The lowest BCUT2D eigenvalue weighted by Crippen LogP contribution is -2.20. The van der Waals surface area contributed by atoms with Gasteiger partial charge in [0.15, 0.2) is 5.11 Å². The smallest absolute Gasteiger partial charge is 0.341 e. The Morgan fingerprint density at radius 1 is 1.38 bits per heavy atom. The number of hydrogen-bond acceptors (Lipinski definition) is 4. The third-order valence-electron chi connectivity index (χ3n) is 3.72. The van der Waals surface area contributed by atoms with Gasteiger partial charge in [-0.3, -0.25) is 0 Å². The summed E-state index contributed by atoms with van der Waals surface area (Å²) in [7, 11) is 1.36. The third kappa shape index (κ3) is 3.45. The molecule has 8 heteroatoms. The number of benzene rings is 1. The summed E-state index contributed by atoms with van der Waals surface area (Å²) in [6.07, 6.45) is 2.85. The second kappa shape index (κ2) is 7.16. The maximum absolute atomic E-state index is 13.9. The minimum atomic E-state index is -0.421. The highest BCUT2D eigenvalue weighted by atomic mass is 79.9. The summed E-state index contributed by atoms with van der Waals surface area (Å²) >= 11 is 9.96. The van der Waals surface area contributed by atoms with Crippen LogP contribution in [0, 0.1) is 5.82 Å². The number of thiocarbonyl (C=S) groups is 1. The van der Waals surface area contributed by atoms with E-state index in [1.54, 1.807) is 12.1 Å². The summed E-state index contributed by atoms with van der Waals surface area (Å²) in [6, 6.07) is 4.65. The van der Waals surface area contributed by atoms with Crippen molar-refractivity contribution in [2.45, 2.75) is 19.3 Å². The molecule has 1 aliphatic carbocycles. The molecule has 0 saturated carbocycles. The average Bonchev–Trinajstić information content (AvgIpc) is 3.10. The SMILES string of the molecule is COC(=O)c1c(NC(=S)Nc2ccc(Br)cc2F)sc2c1CCC2. The Balaban J connectivity index is 1.81. The van der Waals surface area contributed by atoms with Crippen LogP contribution in [-0.4, -0.2) is 18.2 Å². The van der Waals surface area contributed by atoms with Gasteiger partial charge in [0.25, 0.3) is 0 Å². The van der Waals surface area contributed by atoms with Crippen molar-refractivity contribution in [3.63, 3.8) is 0 Å². The molecular formula is C16H14BrFN2O2S2. The highest BCUT2D eigenvalue weighted by molar-refractivity contribution is 9.10. The van der Waals surface area contributed by atoms with E-state index in [1.165, 1.54) is 29.4 Å². The van der Waals surface area contributed by atoms with Gasteiger partial charge in [0.2, 0.25) is 0 Å². The first kappa shape index (κ1) is 17.3. The Hall–Kier alpha value is -1.51. The molecule has 0 saturated heterocycles. The minimum Gasteiger partial charge on any atom is -0.465 e. The number of rotatable bonds is 3. The number of carbonyl (C=O) groups is 1. The third-order valence-corrected chi connectivity index (χ3v) is 5.62. The summed E-state index contributed by atoms with van der Waals surface area (Å²) in [5, 5.41) is 6.68. The quantitative estimate of drug-likeness (QED) is 0.546. The zero-order chi connectivity index (χ0) is 17.3. The van der Waals surface area contributed by atoms with Gasteiger partial charge in [-0.15, -0.1) is 11.3 Å². The van der Waals surface area contributed by atoms with Crippen LogP contribution in [0.2, 0.25) is 0 Å². The first-order valence-corrected chi connectivity index (χ1v) is 9.27. The molecular weight excluding hydrogens is 415 g/mol. The Morgan fingerprint density at radius 2 is 2.17 bits per heavy atom. The number of aryl methyl sites for hydroxylation is 1. The average molecular weight is 429 g/mol. The van der Waals surface area contributed by atoms with Gasteiger partial charge in [-0.25, -0.2) is 9.18 Å². The zero-order valence-electron chi connectivity index (χ0n) is 12.7. The second-order valence-corrected chi connectivity index (χ2v) is 7.69. The molecule has 1 aliphatic rings. The van der Waals surface area contributed by atoms with Crippen LogP contribution in [0.4, 0.5) is 15.1 Å². The van der Waals surface area contributed by atoms with Crippen LogP contribution in [0.15, 0.2) is 22.7 Å². The van der Waals surface area contributed by atoms with Gasteiger partial charge >= 0.3 is 5.97 Å². The van der Waals surface area contributed by atoms with E-state index in [-0.39, 0.29) is 16.8 Å². The lowest BCUT2D eigenvalue weighted by atomic mass is 10.1. The Bertz CT molecular complexity index is 823. The minimum absolute atomic E-state index is 0.223. The lowest BCUT2D eigenvalue weighted by molar-refractivity contribution is 0.0601. The fourth-order valence-electron chi connectivity index (χ4n) is 2.66. The van der Waals surface area contributed by atoms with E-state index in [9.17, 15) is 9.18 Å². The normalized spacial score (nSPS) is 12.6. The molecule has 4 nitrogen and oxygen atoms in total. The lowest BCUT2D eigenvalue weighted by Gasteiger charge is -2.12. The van der Waals surface area contributed by atoms with Crippen LogP contribution in [0.3, 0.4) is 0 Å². The van der Waals surface area contributed by atoms with Crippen LogP contribution in [-0.2, 0) is 17.6 Å². The van der Waals surface area contributed by atoms with Crippen molar-refractivity contribution in [2.24, 2.45) is 0 Å². The van der Waals surface area contributed by atoms with E-state index in [0.717, 1.165) is 24.8 Å². The van der Waals surface area contributed by atoms with Gasteiger partial charge in [-0.05, 0) is 55.2 Å².